The summed E-state index contributed by atoms with van der Waals surface area (Å²) in [4.78, 5) is 27.9. The number of hydrogen-bond donors (Lipinski definition) is 2. The van der Waals surface area contributed by atoms with Crippen LogP contribution in [0.5, 0.6) is 0 Å². The first-order valence-corrected chi connectivity index (χ1v) is 10.4. The number of likely N-dealkylation sites (tertiary alicyclic amines) is 1. The van der Waals surface area contributed by atoms with Gasteiger partial charge in [-0.05, 0) is 63.4 Å². The summed E-state index contributed by atoms with van der Waals surface area (Å²) in [6.07, 6.45) is 2.47. The average Bonchev–Trinajstić information content (AvgIpc) is 2.73. The van der Waals surface area contributed by atoms with E-state index < -0.39 is 0 Å². The zero-order valence-electron chi connectivity index (χ0n) is 17.6. The Kier molecular flexibility index (Phi) is 6.70. The Balaban J connectivity index is 1.66. The van der Waals surface area contributed by atoms with Crippen molar-refractivity contribution in [2.24, 2.45) is 5.92 Å². The Hall–Kier alpha value is -2.66. The van der Waals surface area contributed by atoms with Crippen molar-refractivity contribution in [1.82, 2.24) is 10.2 Å². The predicted octanol–water partition coefficient (Wildman–Crippen LogP) is 4.18. The molecule has 2 aromatic rings. The minimum atomic E-state index is -0.228. The van der Waals surface area contributed by atoms with Gasteiger partial charge >= 0.3 is 0 Å². The van der Waals surface area contributed by atoms with Crippen molar-refractivity contribution in [3.63, 3.8) is 0 Å². The topological polar surface area (TPSA) is 61.4 Å². The van der Waals surface area contributed by atoms with Crippen molar-refractivity contribution in [2.75, 3.05) is 25.0 Å². The Bertz CT molecular complexity index is 848. The van der Waals surface area contributed by atoms with Crippen molar-refractivity contribution in [2.45, 2.75) is 39.2 Å². The highest BCUT2D eigenvalue weighted by Gasteiger charge is 2.30. The molecule has 1 aliphatic rings. The molecule has 0 radical (unpaired) electrons. The number of nitrogens with one attached hydrogen (secondary N) is 2. The van der Waals surface area contributed by atoms with E-state index >= 15 is 0 Å². The van der Waals surface area contributed by atoms with E-state index in [2.05, 4.69) is 36.3 Å². The van der Waals surface area contributed by atoms with Gasteiger partial charge in [0.1, 0.15) is 0 Å². The van der Waals surface area contributed by atoms with Crippen LogP contribution in [0.1, 0.15) is 54.3 Å². The van der Waals surface area contributed by atoms with Gasteiger partial charge in [0.25, 0.3) is 11.8 Å². The van der Waals surface area contributed by atoms with Gasteiger partial charge in [-0.3, -0.25) is 14.5 Å². The lowest BCUT2D eigenvalue weighted by atomic mass is 9.93. The van der Waals surface area contributed by atoms with Gasteiger partial charge in [-0.15, -0.1) is 0 Å². The fraction of sp³-hybridized carbons (Fsp3) is 0.417. The summed E-state index contributed by atoms with van der Waals surface area (Å²) in [5, 5.41) is 5.94. The van der Waals surface area contributed by atoms with Gasteiger partial charge in [-0.25, -0.2) is 0 Å². The Morgan fingerprint density at radius 3 is 2.45 bits per heavy atom. The van der Waals surface area contributed by atoms with Crippen LogP contribution in [0.2, 0.25) is 0 Å². The van der Waals surface area contributed by atoms with Crippen molar-refractivity contribution in [3.05, 3.63) is 65.7 Å². The largest absolute Gasteiger partial charge is 0.350 e. The molecule has 0 aliphatic carbocycles. The van der Waals surface area contributed by atoms with Crippen LogP contribution < -0.4 is 10.6 Å². The first-order valence-electron chi connectivity index (χ1n) is 10.4. The van der Waals surface area contributed by atoms with E-state index in [1.807, 2.05) is 30.3 Å². The average molecular weight is 394 g/mol. The van der Waals surface area contributed by atoms with E-state index in [0.29, 0.717) is 29.3 Å². The minimum absolute atomic E-state index is 0.118. The molecular weight excluding hydrogens is 362 g/mol. The lowest BCUT2D eigenvalue weighted by molar-refractivity contribution is 0.0657. The second-order valence-electron chi connectivity index (χ2n) is 8.55. The first-order chi connectivity index (χ1) is 13.9. The predicted molar refractivity (Wildman–Crippen MR) is 117 cm³/mol. The highest BCUT2D eigenvalue weighted by Crippen LogP contribution is 2.24. The fourth-order valence-corrected chi connectivity index (χ4v) is 3.82. The summed E-state index contributed by atoms with van der Waals surface area (Å²) in [7, 11) is 0. The molecule has 0 bridgehead atoms. The number of carbonyl (C=O) groups excluding carboxylic acids is 2. The second kappa shape index (κ2) is 9.23. The van der Waals surface area contributed by atoms with Crippen LogP contribution in [-0.4, -0.2) is 41.9 Å². The molecule has 0 spiro atoms. The molecule has 5 nitrogen and oxygen atoms in total. The van der Waals surface area contributed by atoms with Gasteiger partial charge in [0.15, 0.2) is 0 Å². The molecule has 2 amide bonds. The Labute approximate surface area is 173 Å². The summed E-state index contributed by atoms with van der Waals surface area (Å²) >= 11 is 0. The quantitative estimate of drug-likeness (QED) is 0.774. The van der Waals surface area contributed by atoms with E-state index in [0.717, 1.165) is 13.1 Å². The van der Waals surface area contributed by atoms with Crippen LogP contribution in [0.3, 0.4) is 0 Å². The van der Waals surface area contributed by atoms with E-state index in [4.69, 9.17) is 0 Å². The smallest absolute Gasteiger partial charge is 0.255 e. The van der Waals surface area contributed by atoms with Crippen molar-refractivity contribution < 1.29 is 9.59 Å². The lowest BCUT2D eigenvalue weighted by Gasteiger charge is -2.43. The maximum Gasteiger partial charge on any atom is 0.255 e. The molecule has 1 aliphatic heterocycles. The summed E-state index contributed by atoms with van der Waals surface area (Å²) in [5.41, 5.74) is 1.43. The first kappa shape index (κ1) is 21.1. The fourth-order valence-electron chi connectivity index (χ4n) is 3.82. The zero-order chi connectivity index (χ0) is 20.9. The number of piperidine rings is 1. The maximum atomic E-state index is 12.9. The summed E-state index contributed by atoms with van der Waals surface area (Å²) in [6.45, 7) is 9.32. The maximum absolute atomic E-state index is 12.9. The van der Waals surface area contributed by atoms with Gasteiger partial charge in [0, 0.05) is 24.2 Å². The minimum Gasteiger partial charge on any atom is -0.350 e. The lowest BCUT2D eigenvalue weighted by Crippen LogP contribution is -2.54. The Morgan fingerprint density at radius 2 is 1.72 bits per heavy atom. The number of amides is 2. The number of benzene rings is 2. The molecule has 0 saturated carbocycles. The molecular formula is C24H31N3O2. The van der Waals surface area contributed by atoms with E-state index in [9.17, 15) is 9.59 Å². The third-order valence-corrected chi connectivity index (χ3v) is 5.65. The molecule has 3 rings (SSSR count). The molecule has 1 atom stereocenters. The van der Waals surface area contributed by atoms with Crippen LogP contribution in [0.25, 0.3) is 0 Å². The van der Waals surface area contributed by atoms with E-state index in [-0.39, 0.29) is 17.4 Å². The SMILES string of the molecule is CC1CCCN(C(C)(C)CNC(=O)c2ccccc2NC(=O)c2ccccc2)C1. The van der Waals surface area contributed by atoms with Gasteiger partial charge in [-0.1, -0.05) is 37.3 Å². The third-order valence-electron chi connectivity index (χ3n) is 5.65. The number of nitrogens with zero attached hydrogens (tertiary/aromatic N) is 1. The van der Waals surface area contributed by atoms with Crippen LogP contribution in [0, 0.1) is 5.92 Å². The summed E-state index contributed by atoms with van der Waals surface area (Å²) in [5.74, 6) is 0.285. The van der Waals surface area contributed by atoms with E-state index in [1.165, 1.54) is 12.8 Å². The number of anilines is 1. The van der Waals surface area contributed by atoms with Crippen molar-refractivity contribution in [1.29, 1.82) is 0 Å². The monoisotopic (exact) mass is 393 g/mol. The van der Waals surface area contributed by atoms with Crippen LogP contribution in [0.15, 0.2) is 54.6 Å². The second-order valence-corrected chi connectivity index (χ2v) is 8.55. The standard InChI is InChI=1S/C24H31N3O2/c1-18-10-9-15-27(16-18)24(2,3)17-25-23(29)20-13-7-8-14-21(20)26-22(28)19-11-5-4-6-12-19/h4-8,11-14,18H,9-10,15-17H2,1-3H3,(H,25,29)(H,26,28). The van der Waals surface area contributed by atoms with Gasteiger partial charge in [0.05, 0.1) is 11.3 Å². The molecule has 1 saturated heterocycles. The number of hydrogen-bond acceptors (Lipinski definition) is 3. The molecule has 0 aromatic heterocycles. The van der Waals surface area contributed by atoms with Gasteiger partial charge in [0.2, 0.25) is 0 Å². The Morgan fingerprint density at radius 1 is 1.03 bits per heavy atom. The molecule has 1 heterocycles. The molecule has 1 unspecified atom stereocenters. The van der Waals surface area contributed by atoms with Crippen LogP contribution in [-0.2, 0) is 0 Å². The molecule has 29 heavy (non-hydrogen) atoms. The molecule has 1 fully saturated rings. The summed E-state index contributed by atoms with van der Waals surface area (Å²) < 4.78 is 0. The van der Waals surface area contributed by atoms with Gasteiger partial charge in [-0.2, -0.15) is 0 Å². The third kappa shape index (κ3) is 5.45. The molecule has 154 valence electrons. The number of carbonyl (C=O) groups is 2. The summed E-state index contributed by atoms with van der Waals surface area (Å²) in [6, 6.07) is 16.1. The van der Waals surface area contributed by atoms with Crippen molar-refractivity contribution in [3.8, 4) is 0 Å². The molecule has 2 N–H and O–H groups in total. The van der Waals surface area contributed by atoms with Crippen LogP contribution >= 0.6 is 0 Å². The highest BCUT2D eigenvalue weighted by molar-refractivity contribution is 6.08. The van der Waals surface area contributed by atoms with Crippen molar-refractivity contribution >= 4 is 17.5 Å². The molecule has 2 aromatic carbocycles. The van der Waals surface area contributed by atoms with Gasteiger partial charge < -0.3 is 10.6 Å². The number of para-hydroxylation sites is 1. The van der Waals surface area contributed by atoms with E-state index in [1.54, 1.807) is 24.3 Å². The highest BCUT2D eigenvalue weighted by atomic mass is 16.2. The van der Waals surface area contributed by atoms with Crippen LogP contribution in [0.4, 0.5) is 5.69 Å². The zero-order valence-corrected chi connectivity index (χ0v) is 17.6. The normalized spacial score (nSPS) is 17.6. The molecule has 5 heteroatoms. The number of rotatable bonds is 6.